The maximum absolute atomic E-state index is 2.32. The van der Waals surface area contributed by atoms with Gasteiger partial charge in [0.25, 0.3) is 0 Å². The van der Waals surface area contributed by atoms with E-state index < -0.39 is 0 Å². The zero-order chi connectivity index (χ0) is 18.0. The van der Waals surface area contributed by atoms with Crippen molar-refractivity contribution in [3.05, 3.63) is 0 Å². The van der Waals surface area contributed by atoms with Crippen molar-refractivity contribution in [2.75, 3.05) is 0 Å². The largest absolute Gasteiger partial charge is 0.0654 e. The number of rotatable bonds is 18. The lowest BCUT2D eigenvalue weighted by Crippen LogP contribution is -2.08. The average molecular weight is 351 g/mol. The fraction of sp³-hybridized carbons (Fsp3) is 1.00. The summed E-state index contributed by atoms with van der Waals surface area (Å²) < 4.78 is 0. The summed E-state index contributed by atoms with van der Waals surface area (Å²) in [6.07, 6.45) is 31.3. The molecule has 0 radical (unpaired) electrons. The third-order valence-corrected chi connectivity index (χ3v) is 6.67. The van der Waals surface area contributed by atoms with Crippen LogP contribution in [0, 0.1) is 11.8 Å². The number of hydrogen-bond donors (Lipinski definition) is 0. The van der Waals surface area contributed by atoms with Gasteiger partial charge >= 0.3 is 0 Å². The highest BCUT2D eigenvalue weighted by Gasteiger charge is 2.25. The van der Waals surface area contributed by atoms with E-state index in [0.717, 1.165) is 11.8 Å². The molecule has 0 heteroatoms. The molecule has 0 bridgehead atoms. The van der Waals surface area contributed by atoms with Crippen molar-refractivity contribution in [3.63, 3.8) is 0 Å². The van der Waals surface area contributed by atoms with E-state index in [4.69, 9.17) is 0 Å². The minimum absolute atomic E-state index is 1.10. The summed E-state index contributed by atoms with van der Waals surface area (Å²) in [5.41, 5.74) is 0. The molecule has 1 saturated carbocycles. The van der Waals surface area contributed by atoms with E-state index in [2.05, 4.69) is 13.8 Å². The Bertz CT molecular complexity index is 257. The Balaban J connectivity index is 1.90. The van der Waals surface area contributed by atoms with Gasteiger partial charge in [-0.05, 0) is 11.8 Å². The summed E-state index contributed by atoms with van der Waals surface area (Å²) in [5.74, 6) is 2.20. The molecule has 0 aromatic heterocycles. The van der Waals surface area contributed by atoms with E-state index in [1.165, 1.54) is 109 Å². The molecule has 0 aromatic carbocycles. The normalized spacial score (nSPS) is 20.4. The second-order valence-corrected chi connectivity index (χ2v) is 8.98. The van der Waals surface area contributed by atoms with Gasteiger partial charge in [-0.2, -0.15) is 0 Å². The summed E-state index contributed by atoms with van der Waals surface area (Å²) in [7, 11) is 0. The van der Waals surface area contributed by atoms with Gasteiger partial charge in [-0.25, -0.2) is 0 Å². The van der Waals surface area contributed by atoms with Crippen LogP contribution in [0.5, 0.6) is 0 Å². The zero-order valence-corrected chi connectivity index (χ0v) is 18.0. The van der Waals surface area contributed by atoms with Crippen molar-refractivity contribution < 1.29 is 0 Å². The molecule has 0 N–H and O–H groups in total. The van der Waals surface area contributed by atoms with Gasteiger partial charge in [-0.15, -0.1) is 0 Å². The van der Waals surface area contributed by atoms with Gasteiger partial charge in [0.2, 0.25) is 0 Å². The van der Waals surface area contributed by atoms with E-state index in [0.29, 0.717) is 0 Å². The molecule has 0 aliphatic heterocycles. The van der Waals surface area contributed by atoms with Crippen molar-refractivity contribution in [1.82, 2.24) is 0 Å². The summed E-state index contributed by atoms with van der Waals surface area (Å²) in [6.45, 7) is 4.62. The molecule has 0 saturated heterocycles. The molecule has 2 unspecified atom stereocenters. The van der Waals surface area contributed by atoms with Crippen LogP contribution in [0.15, 0.2) is 0 Å². The van der Waals surface area contributed by atoms with Crippen LogP contribution in [0.4, 0.5) is 0 Å². The molecular weight excluding hydrogens is 300 g/mol. The van der Waals surface area contributed by atoms with Gasteiger partial charge in [-0.3, -0.25) is 0 Å². The van der Waals surface area contributed by atoms with Crippen LogP contribution in [-0.2, 0) is 0 Å². The van der Waals surface area contributed by atoms with Crippen LogP contribution in [0.25, 0.3) is 0 Å². The smallest absolute Gasteiger partial charge is 0.0386 e. The third kappa shape index (κ3) is 12.9. The Morgan fingerprint density at radius 1 is 0.440 bits per heavy atom. The highest BCUT2D eigenvalue weighted by atomic mass is 14.3. The van der Waals surface area contributed by atoms with Crippen molar-refractivity contribution in [2.24, 2.45) is 11.8 Å². The second-order valence-electron chi connectivity index (χ2n) is 8.98. The first kappa shape index (κ1) is 23.0. The maximum Gasteiger partial charge on any atom is -0.0386 e. The highest BCUT2D eigenvalue weighted by Crippen LogP contribution is 2.38. The van der Waals surface area contributed by atoms with Crippen LogP contribution in [0.2, 0.25) is 0 Å². The fourth-order valence-electron chi connectivity index (χ4n) is 4.95. The predicted molar refractivity (Wildman–Crippen MR) is 115 cm³/mol. The monoisotopic (exact) mass is 350 g/mol. The summed E-state index contributed by atoms with van der Waals surface area (Å²) in [6, 6.07) is 0. The fourth-order valence-corrected chi connectivity index (χ4v) is 4.95. The molecule has 0 nitrogen and oxygen atoms in total. The molecular formula is C25H50. The van der Waals surface area contributed by atoms with Crippen LogP contribution in [-0.4, -0.2) is 0 Å². The van der Waals surface area contributed by atoms with Crippen LogP contribution >= 0.6 is 0 Å². The lowest BCUT2D eigenvalue weighted by molar-refractivity contribution is 0.322. The summed E-state index contributed by atoms with van der Waals surface area (Å²) in [4.78, 5) is 0. The van der Waals surface area contributed by atoms with E-state index in [-0.39, 0.29) is 0 Å². The Hall–Kier alpha value is 0. The Morgan fingerprint density at radius 2 is 0.760 bits per heavy atom. The first-order valence-corrected chi connectivity index (χ1v) is 12.4. The lowest BCUT2D eigenvalue weighted by Gasteiger charge is -2.19. The molecule has 1 aliphatic rings. The molecule has 2 atom stereocenters. The molecule has 1 fully saturated rings. The zero-order valence-electron chi connectivity index (χ0n) is 18.0. The molecule has 0 heterocycles. The van der Waals surface area contributed by atoms with Gasteiger partial charge in [0.1, 0.15) is 0 Å². The minimum Gasteiger partial charge on any atom is -0.0654 e. The quantitative estimate of drug-likeness (QED) is 0.216. The topological polar surface area (TPSA) is 0 Å². The Kier molecular flexibility index (Phi) is 16.1. The van der Waals surface area contributed by atoms with Crippen molar-refractivity contribution in [1.29, 1.82) is 0 Å². The van der Waals surface area contributed by atoms with Crippen molar-refractivity contribution in [3.8, 4) is 0 Å². The first-order chi connectivity index (χ1) is 12.4. The van der Waals surface area contributed by atoms with Crippen LogP contribution in [0.3, 0.4) is 0 Å². The molecule has 25 heavy (non-hydrogen) atoms. The summed E-state index contributed by atoms with van der Waals surface area (Å²) >= 11 is 0. The Labute approximate surface area is 160 Å². The van der Waals surface area contributed by atoms with Gasteiger partial charge in [0.15, 0.2) is 0 Å². The van der Waals surface area contributed by atoms with Crippen molar-refractivity contribution in [2.45, 2.75) is 149 Å². The van der Waals surface area contributed by atoms with Gasteiger partial charge < -0.3 is 0 Å². The number of unbranched alkanes of at least 4 members (excludes halogenated alkanes) is 14. The second kappa shape index (κ2) is 17.4. The predicted octanol–water partition coefficient (Wildman–Crippen LogP) is 9.46. The SMILES string of the molecule is CCCCCCCCCCCCC1CCCC1CCCCCCCC. The highest BCUT2D eigenvalue weighted by molar-refractivity contribution is 4.77. The average Bonchev–Trinajstić information content (AvgIpc) is 3.07. The first-order valence-electron chi connectivity index (χ1n) is 12.4. The van der Waals surface area contributed by atoms with E-state index >= 15 is 0 Å². The molecule has 1 aliphatic carbocycles. The lowest BCUT2D eigenvalue weighted by atomic mass is 9.86. The van der Waals surface area contributed by atoms with Gasteiger partial charge in [0.05, 0.1) is 0 Å². The van der Waals surface area contributed by atoms with Crippen molar-refractivity contribution >= 4 is 0 Å². The van der Waals surface area contributed by atoms with Gasteiger partial charge in [-0.1, -0.05) is 149 Å². The van der Waals surface area contributed by atoms with E-state index in [9.17, 15) is 0 Å². The summed E-state index contributed by atoms with van der Waals surface area (Å²) in [5, 5.41) is 0. The van der Waals surface area contributed by atoms with E-state index in [1.807, 2.05) is 0 Å². The van der Waals surface area contributed by atoms with Crippen LogP contribution < -0.4 is 0 Å². The third-order valence-electron chi connectivity index (χ3n) is 6.67. The molecule has 1 rings (SSSR count). The molecule has 150 valence electrons. The number of hydrogen-bond acceptors (Lipinski definition) is 0. The molecule has 0 amide bonds. The standard InChI is InChI=1S/C25H50/c1-3-5-7-9-11-12-13-14-16-18-21-25-23-19-22-24(25)20-17-15-10-8-6-4-2/h24-25H,3-23H2,1-2H3. The maximum atomic E-state index is 2.32. The minimum atomic E-state index is 1.10. The molecule has 0 aromatic rings. The van der Waals surface area contributed by atoms with E-state index in [1.54, 1.807) is 25.7 Å². The Morgan fingerprint density at radius 3 is 1.12 bits per heavy atom. The van der Waals surface area contributed by atoms with Gasteiger partial charge in [0, 0.05) is 0 Å². The van der Waals surface area contributed by atoms with Crippen LogP contribution in [0.1, 0.15) is 149 Å². The molecule has 0 spiro atoms.